The van der Waals surface area contributed by atoms with Gasteiger partial charge < -0.3 is 0 Å². The molecule has 1 saturated heterocycles. The van der Waals surface area contributed by atoms with E-state index in [1.807, 2.05) is 6.33 Å². The van der Waals surface area contributed by atoms with E-state index in [-0.39, 0.29) is 0 Å². The zero-order chi connectivity index (χ0) is 11.2. The first-order valence-electron chi connectivity index (χ1n) is 6.05. The number of rotatable bonds is 5. The average molecular weight is 412 g/mol. The summed E-state index contributed by atoms with van der Waals surface area (Å²) in [5.41, 5.74) is 1.27. The van der Waals surface area contributed by atoms with Crippen molar-refractivity contribution in [2.24, 2.45) is 0 Å². The second-order valence-corrected chi connectivity index (χ2v) is 6.68. The Morgan fingerprint density at radius 3 is 2.81 bits per heavy atom. The molecule has 0 radical (unpaired) electrons. The predicted octanol–water partition coefficient (Wildman–Crippen LogP) is 0.0426. The molecule has 0 bridgehead atoms. The molecule has 4 nitrogen and oxygen atoms in total. The molecule has 1 aliphatic rings. The third-order valence-corrected chi connectivity index (χ3v) is 4.12. The Labute approximate surface area is 114 Å². The van der Waals surface area contributed by atoms with Gasteiger partial charge in [-0.25, -0.2) is 0 Å². The molecule has 1 N–H and O–H groups in total. The molecule has 0 unspecified atom stereocenters. The Bertz CT molecular complexity index is 307. The molecule has 0 saturated carbocycles. The van der Waals surface area contributed by atoms with Crippen LogP contribution in [0.1, 0.15) is 18.5 Å². The molecular formula is C11H19N4Tl. The van der Waals surface area contributed by atoms with Crippen LogP contribution >= 0.6 is 0 Å². The molecule has 0 amide bonds. The van der Waals surface area contributed by atoms with Crippen molar-refractivity contribution >= 4 is 26.1 Å². The number of aryl methyl sites for hydroxylation is 1. The third kappa shape index (κ3) is 4.14. The summed E-state index contributed by atoms with van der Waals surface area (Å²) in [6.45, 7) is 6.01. The second-order valence-electron chi connectivity index (χ2n) is 4.36. The van der Waals surface area contributed by atoms with Gasteiger partial charge in [0.25, 0.3) is 0 Å². The first-order chi connectivity index (χ1) is 7.84. The molecule has 0 aliphatic carbocycles. The quantitative estimate of drug-likeness (QED) is 0.549. The van der Waals surface area contributed by atoms with E-state index >= 15 is 0 Å². The molecule has 2 heterocycles. The van der Waals surface area contributed by atoms with Gasteiger partial charge in [-0.15, -0.1) is 0 Å². The van der Waals surface area contributed by atoms with Gasteiger partial charge in [0.2, 0.25) is 0 Å². The van der Waals surface area contributed by atoms with Crippen LogP contribution < -0.4 is 5.32 Å². The van der Waals surface area contributed by atoms with Crippen molar-refractivity contribution in [2.75, 3.05) is 32.7 Å². The monoisotopic (exact) mass is 412 g/mol. The van der Waals surface area contributed by atoms with Gasteiger partial charge in [-0.1, -0.05) is 0 Å². The maximum atomic E-state index is 4.38. The molecule has 2 rings (SSSR count). The molecule has 0 aromatic carbocycles. The number of nitrogens with one attached hydrogen (secondary N) is 1. The van der Waals surface area contributed by atoms with Gasteiger partial charge in [-0.3, -0.25) is 0 Å². The first kappa shape index (κ1) is 12.5. The van der Waals surface area contributed by atoms with E-state index in [0.29, 0.717) is 0 Å². The molecule has 1 aromatic rings. The zero-order valence-corrected chi connectivity index (χ0v) is 14.2. The van der Waals surface area contributed by atoms with Gasteiger partial charge in [0, 0.05) is 0 Å². The molecule has 1 aromatic heterocycles. The summed E-state index contributed by atoms with van der Waals surface area (Å²) in [6, 6.07) is 0. The summed E-state index contributed by atoms with van der Waals surface area (Å²) in [5.74, 6) is 0. The number of hydrogen-bond acceptors (Lipinski definition) is 3. The summed E-state index contributed by atoms with van der Waals surface area (Å²) < 4.78 is 2.19. The van der Waals surface area contributed by atoms with Crippen LogP contribution in [0.25, 0.3) is 0 Å². The van der Waals surface area contributed by atoms with Gasteiger partial charge in [0.05, 0.1) is 0 Å². The third-order valence-electron chi connectivity index (χ3n) is 3.02. The molecular weight excluding hydrogens is 393 g/mol. The average Bonchev–Trinajstić information content (AvgIpc) is 2.72. The zero-order valence-electron chi connectivity index (χ0n) is 9.73. The number of aromatic nitrogens is 2. The van der Waals surface area contributed by atoms with E-state index in [0.717, 1.165) is 45.6 Å². The molecule has 1 fully saturated rings. The Kier molecular flexibility index (Phi) is 5.24. The van der Waals surface area contributed by atoms with Crippen molar-refractivity contribution in [1.82, 2.24) is 17.6 Å². The van der Waals surface area contributed by atoms with Crippen LogP contribution in [0.15, 0.2) is 12.5 Å². The van der Waals surface area contributed by atoms with E-state index in [2.05, 4.69) is 23.8 Å². The summed E-state index contributed by atoms with van der Waals surface area (Å²) in [6.07, 6.45) is 7.86. The number of hydrogen-bond donors (Lipinski definition) is 1. The van der Waals surface area contributed by atoms with Gasteiger partial charge in [0.15, 0.2) is 0 Å². The van der Waals surface area contributed by atoms with Crippen LogP contribution in [0.4, 0.5) is 0 Å². The SMILES string of the molecule is [Tl][n]1cnc(CCCCN2CCNCC2)c1. The fourth-order valence-electron chi connectivity index (χ4n) is 2.08. The second kappa shape index (κ2) is 6.71. The normalized spacial score (nSPS) is 17.7. The first-order valence-corrected chi connectivity index (χ1v) is 8.06. The molecule has 5 heteroatoms. The summed E-state index contributed by atoms with van der Waals surface area (Å²) in [7, 11) is 0. The Morgan fingerprint density at radius 1 is 1.31 bits per heavy atom. The van der Waals surface area contributed by atoms with Crippen molar-refractivity contribution in [3.63, 3.8) is 0 Å². The van der Waals surface area contributed by atoms with Crippen LogP contribution in [0.3, 0.4) is 0 Å². The minimum absolute atomic E-state index is 0.854. The van der Waals surface area contributed by atoms with Crippen LogP contribution in [0, 0.1) is 0 Å². The van der Waals surface area contributed by atoms with Crippen LogP contribution in [0.2, 0.25) is 0 Å². The number of unbranched alkanes of at least 4 members (excludes halogenated alkanes) is 1. The fourth-order valence-corrected chi connectivity index (χ4v) is 3.01. The predicted molar refractivity (Wildman–Crippen MR) is 65.6 cm³/mol. The van der Waals surface area contributed by atoms with Crippen molar-refractivity contribution in [1.29, 1.82) is 0 Å². The van der Waals surface area contributed by atoms with E-state index < -0.39 is 0 Å². The summed E-state index contributed by atoms with van der Waals surface area (Å²) in [4.78, 5) is 6.94. The summed E-state index contributed by atoms with van der Waals surface area (Å²) >= 11 is 0.854. The maximum absolute atomic E-state index is 4.38. The van der Waals surface area contributed by atoms with E-state index in [1.165, 1.54) is 38.2 Å². The standard InChI is InChI=1S/C11H19N4.Tl/c1(3-11-9-13-10-14-11)2-6-15-7-4-12-5-8-15;/h9-10,12H,1-8H2;/q-1;+1. The minimum atomic E-state index is 0.854. The van der Waals surface area contributed by atoms with Crippen molar-refractivity contribution in [2.45, 2.75) is 19.3 Å². The van der Waals surface area contributed by atoms with Gasteiger partial charge in [-0.2, -0.15) is 0 Å². The molecule has 1 aliphatic heterocycles. The molecule has 0 spiro atoms. The van der Waals surface area contributed by atoms with E-state index in [4.69, 9.17) is 0 Å². The van der Waals surface area contributed by atoms with Crippen LogP contribution in [0.5, 0.6) is 0 Å². The Hall–Kier alpha value is 0.0521. The number of piperazine rings is 1. The van der Waals surface area contributed by atoms with Gasteiger partial charge >= 0.3 is 114 Å². The van der Waals surface area contributed by atoms with Crippen molar-refractivity contribution < 1.29 is 0 Å². The topological polar surface area (TPSA) is 33.1 Å². The van der Waals surface area contributed by atoms with Crippen LogP contribution in [-0.2, 0) is 6.42 Å². The van der Waals surface area contributed by atoms with E-state index in [9.17, 15) is 0 Å². The summed E-state index contributed by atoms with van der Waals surface area (Å²) in [5, 5.41) is 3.38. The molecule has 16 heavy (non-hydrogen) atoms. The number of imidazole rings is 1. The molecule has 86 valence electrons. The van der Waals surface area contributed by atoms with Crippen LogP contribution in [-0.4, -0.2) is 71.0 Å². The van der Waals surface area contributed by atoms with Crippen molar-refractivity contribution in [3.05, 3.63) is 18.2 Å². The molecule has 0 atom stereocenters. The van der Waals surface area contributed by atoms with Crippen molar-refractivity contribution in [3.8, 4) is 0 Å². The van der Waals surface area contributed by atoms with Gasteiger partial charge in [-0.05, 0) is 0 Å². The van der Waals surface area contributed by atoms with Gasteiger partial charge in [0.1, 0.15) is 0 Å². The fraction of sp³-hybridized carbons (Fsp3) is 0.727. The van der Waals surface area contributed by atoms with E-state index in [1.54, 1.807) is 0 Å². The Balaban J connectivity index is 1.57. The Morgan fingerprint density at radius 2 is 2.12 bits per heavy atom. The number of nitrogens with zero attached hydrogens (tertiary/aromatic N) is 3.